The number of nitrogens with zero attached hydrogens (tertiary/aromatic N) is 1. The summed E-state index contributed by atoms with van der Waals surface area (Å²) in [6, 6.07) is 4.29. The van der Waals surface area contributed by atoms with Crippen LogP contribution in [0.1, 0.15) is 0 Å². The number of amides is 2. The van der Waals surface area contributed by atoms with Gasteiger partial charge in [0.25, 0.3) is 0 Å². The highest BCUT2D eigenvalue weighted by atomic mass is 32.2. The van der Waals surface area contributed by atoms with Crippen LogP contribution in [0.3, 0.4) is 0 Å². The van der Waals surface area contributed by atoms with Crippen LogP contribution in [0.5, 0.6) is 0 Å². The molecule has 1 aromatic rings. The summed E-state index contributed by atoms with van der Waals surface area (Å²) in [7, 11) is 0. The first-order chi connectivity index (χ1) is 8.59. The Hall–Kier alpha value is -1.76. The largest absolute Gasteiger partial charge is 0.480 e. The third kappa shape index (κ3) is 2.56. The van der Waals surface area contributed by atoms with Crippen molar-refractivity contribution in [2.75, 3.05) is 16.9 Å². The summed E-state index contributed by atoms with van der Waals surface area (Å²) in [4.78, 5) is 24.0. The molecule has 7 heteroatoms. The second-order valence-corrected chi connectivity index (χ2v) is 4.73. The zero-order chi connectivity index (χ0) is 13.1. The molecule has 96 valence electrons. The Labute approximate surface area is 107 Å². The number of benzene rings is 1. The van der Waals surface area contributed by atoms with Crippen molar-refractivity contribution in [1.82, 2.24) is 4.90 Å². The fourth-order valence-electron chi connectivity index (χ4n) is 1.60. The van der Waals surface area contributed by atoms with Crippen molar-refractivity contribution in [3.05, 3.63) is 30.1 Å². The van der Waals surface area contributed by atoms with E-state index in [0.717, 1.165) is 0 Å². The average Bonchev–Trinajstić information content (AvgIpc) is 2.81. The molecule has 0 spiro atoms. The van der Waals surface area contributed by atoms with E-state index in [1.54, 1.807) is 6.07 Å². The van der Waals surface area contributed by atoms with Gasteiger partial charge in [0, 0.05) is 5.75 Å². The Bertz CT molecular complexity index is 483. The molecule has 0 unspecified atom stereocenters. The van der Waals surface area contributed by atoms with Crippen LogP contribution in [0.25, 0.3) is 0 Å². The lowest BCUT2D eigenvalue weighted by Crippen LogP contribution is -2.44. The van der Waals surface area contributed by atoms with E-state index in [4.69, 9.17) is 5.11 Å². The molecular formula is C11H11FN2O3S. The number of halogens is 1. The van der Waals surface area contributed by atoms with Gasteiger partial charge in [-0.1, -0.05) is 12.1 Å². The van der Waals surface area contributed by atoms with Crippen LogP contribution in [-0.4, -0.2) is 39.7 Å². The first-order valence-electron chi connectivity index (χ1n) is 5.22. The summed E-state index contributed by atoms with van der Waals surface area (Å²) >= 11 is 1.35. The number of aliphatic carboxylic acids is 1. The standard InChI is InChI=1S/C11H11FN2O3S/c12-7-3-1-2-4-8(7)13-11(17)14-6-18-5-9(14)10(15)16/h1-4,9H,5-6H2,(H,13,17)(H,15,16)/t9-/m0/s1. The summed E-state index contributed by atoms with van der Waals surface area (Å²) in [6.45, 7) is 0. The molecule has 0 radical (unpaired) electrons. The van der Waals surface area contributed by atoms with Crippen LogP contribution >= 0.6 is 11.8 Å². The highest BCUT2D eigenvalue weighted by molar-refractivity contribution is 7.99. The van der Waals surface area contributed by atoms with E-state index in [9.17, 15) is 14.0 Å². The number of anilines is 1. The molecular weight excluding hydrogens is 259 g/mol. The third-order valence-corrected chi connectivity index (χ3v) is 3.56. The van der Waals surface area contributed by atoms with Crippen molar-refractivity contribution in [1.29, 1.82) is 0 Å². The first-order valence-corrected chi connectivity index (χ1v) is 6.38. The highest BCUT2D eigenvalue weighted by Gasteiger charge is 2.34. The molecule has 2 N–H and O–H groups in total. The molecule has 0 saturated carbocycles. The molecule has 1 aromatic carbocycles. The van der Waals surface area contributed by atoms with Gasteiger partial charge in [-0.05, 0) is 12.1 Å². The predicted octanol–water partition coefficient (Wildman–Crippen LogP) is 1.82. The quantitative estimate of drug-likeness (QED) is 0.860. The van der Waals surface area contributed by atoms with E-state index in [1.807, 2.05) is 0 Å². The van der Waals surface area contributed by atoms with Crippen molar-refractivity contribution in [2.45, 2.75) is 6.04 Å². The molecule has 1 aliphatic rings. The van der Waals surface area contributed by atoms with E-state index < -0.39 is 23.9 Å². The summed E-state index contributed by atoms with van der Waals surface area (Å²) in [5, 5.41) is 11.3. The maximum Gasteiger partial charge on any atom is 0.327 e. The molecule has 1 saturated heterocycles. The van der Waals surface area contributed by atoms with E-state index in [0.29, 0.717) is 5.75 Å². The number of hydrogen-bond acceptors (Lipinski definition) is 3. The molecule has 2 amide bonds. The van der Waals surface area contributed by atoms with Crippen molar-refractivity contribution in [2.24, 2.45) is 0 Å². The Balaban J connectivity index is 2.08. The minimum Gasteiger partial charge on any atom is -0.480 e. The first kappa shape index (κ1) is 12.7. The fourth-order valence-corrected chi connectivity index (χ4v) is 2.74. The van der Waals surface area contributed by atoms with Crippen molar-refractivity contribution in [3.8, 4) is 0 Å². The minimum atomic E-state index is -1.05. The Kier molecular flexibility index (Phi) is 3.71. The monoisotopic (exact) mass is 270 g/mol. The average molecular weight is 270 g/mol. The maximum absolute atomic E-state index is 13.3. The van der Waals surface area contributed by atoms with Gasteiger partial charge in [-0.3, -0.25) is 0 Å². The molecule has 1 aliphatic heterocycles. The maximum atomic E-state index is 13.3. The van der Waals surface area contributed by atoms with Gasteiger partial charge >= 0.3 is 12.0 Å². The van der Waals surface area contributed by atoms with E-state index >= 15 is 0 Å². The number of nitrogens with one attached hydrogen (secondary N) is 1. The van der Waals surface area contributed by atoms with Crippen LogP contribution in [0.2, 0.25) is 0 Å². The number of carboxylic acids is 1. The lowest BCUT2D eigenvalue weighted by atomic mass is 10.3. The van der Waals surface area contributed by atoms with Gasteiger partial charge in [0.2, 0.25) is 0 Å². The Morgan fingerprint density at radius 3 is 2.83 bits per heavy atom. The normalized spacial score (nSPS) is 18.7. The van der Waals surface area contributed by atoms with Gasteiger partial charge in [-0.25, -0.2) is 14.0 Å². The molecule has 5 nitrogen and oxygen atoms in total. The molecule has 1 atom stereocenters. The fraction of sp³-hybridized carbons (Fsp3) is 0.273. The van der Waals surface area contributed by atoms with Gasteiger partial charge in [-0.15, -0.1) is 11.8 Å². The molecule has 0 aliphatic carbocycles. The number of carboxylic acid groups (broad SMARTS) is 1. The van der Waals surface area contributed by atoms with Crippen LogP contribution in [0, 0.1) is 5.82 Å². The molecule has 2 rings (SSSR count). The predicted molar refractivity (Wildman–Crippen MR) is 66.0 cm³/mol. The highest BCUT2D eigenvalue weighted by Crippen LogP contribution is 2.22. The van der Waals surface area contributed by atoms with Crippen molar-refractivity contribution in [3.63, 3.8) is 0 Å². The Morgan fingerprint density at radius 2 is 2.17 bits per heavy atom. The SMILES string of the molecule is O=C(O)[C@@H]1CSCN1C(=O)Nc1ccccc1F. The van der Waals surface area contributed by atoms with Crippen LogP contribution < -0.4 is 5.32 Å². The second kappa shape index (κ2) is 5.26. The zero-order valence-electron chi connectivity index (χ0n) is 9.30. The molecule has 0 bridgehead atoms. The van der Waals surface area contributed by atoms with Gasteiger partial charge < -0.3 is 15.3 Å². The van der Waals surface area contributed by atoms with E-state index in [2.05, 4.69) is 5.32 Å². The van der Waals surface area contributed by atoms with Gasteiger partial charge in [0.15, 0.2) is 0 Å². The Morgan fingerprint density at radius 1 is 1.44 bits per heavy atom. The number of carbonyl (C=O) groups excluding carboxylic acids is 1. The van der Waals surface area contributed by atoms with Crippen LogP contribution in [-0.2, 0) is 4.79 Å². The second-order valence-electron chi connectivity index (χ2n) is 3.73. The van der Waals surface area contributed by atoms with Gasteiger partial charge in [-0.2, -0.15) is 0 Å². The lowest BCUT2D eigenvalue weighted by Gasteiger charge is -2.20. The minimum absolute atomic E-state index is 0.0449. The molecule has 1 fully saturated rings. The summed E-state index contributed by atoms with van der Waals surface area (Å²) in [6.07, 6.45) is 0. The number of carbonyl (C=O) groups is 2. The van der Waals surface area contributed by atoms with Crippen molar-refractivity contribution >= 4 is 29.4 Å². The lowest BCUT2D eigenvalue weighted by molar-refractivity contribution is -0.140. The number of thioether (sulfide) groups is 1. The molecule has 0 aromatic heterocycles. The van der Waals surface area contributed by atoms with Crippen LogP contribution in [0.4, 0.5) is 14.9 Å². The third-order valence-electron chi connectivity index (χ3n) is 2.54. The van der Waals surface area contributed by atoms with E-state index in [-0.39, 0.29) is 11.6 Å². The molecule has 18 heavy (non-hydrogen) atoms. The van der Waals surface area contributed by atoms with Crippen molar-refractivity contribution < 1.29 is 19.1 Å². The van der Waals surface area contributed by atoms with Gasteiger partial charge in [0.05, 0.1) is 11.6 Å². The number of hydrogen-bond donors (Lipinski definition) is 2. The smallest absolute Gasteiger partial charge is 0.327 e. The topological polar surface area (TPSA) is 69.6 Å². The number of para-hydroxylation sites is 1. The van der Waals surface area contributed by atoms with Gasteiger partial charge in [0.1, 0.15) is 11.9 Å². The summed E-state index contributed by atoms with van der Waals surface area (Å²) in [5.41, 5.74) is 0.0449. The zero-order valence-corrected chi connectivity index (χ0v) is 10.1. The number of urea groups is 1. The van der Waals surface area contributed by atoms with E-state index in [1.165, 1.54) is 34.9 Å². The summed E-state index contributed by atoms with van der Waals surface area (Å²) in [5.74, 6) is -0.967. The van der Waals surface area contributed by atoms with Crippen LogP contribution in [0.15, 0.2) is 24.3 Å². The summed E-state index contributed by atoms with van der Waals surface area (Å²) < 4.78 is 13.3. The molecule has 1 heterocycles. The number of rotatable bonds is 2.